The minimum absolute atomic E-state index is 0.264. The van der Waals surface area contributed by atoms with Crippen molar-refractivity contribution in [2.45, 2.75) is 12.8 Å². The van der Waals surface area contributed by atoms with Crippen molar-refractivity contribution < 1.29 is 19.0 Å². The smallest absolute Gasteiger partial charge is 0.252 e. The van der Waals surface area contributed by atoms with Gasteiger partial charge in [0.2, 0.25) is 0 Å². The Morgan fingerprint density at radius 1 is 1.48 bits per heavy atom. The van der Waals surface area contributed by atoms with E-state index in [1.807, 2.05) is 0 Å². The van der Waals surface area contributed by atoms with Gasteiger partial charge in [-0.05, 0) is 37.0 Å². The molecule has 0 aliphatic heterocycles. The van der Waals surface area contributed by atoms with Crippen LogP contribution >= 0.6 is 0 Å². The Morgan fingerprint density at radius 2 is 2.29 bits per heavy atom. The number of benzene rings is 1. The van der Waals surface area contributed by atoms with E-state index >= 15 is 0 Å². The maximum Gasteiger partial charge on any atom is 0.252 e. The highest BCUT2D eigenvalue weighted by molar-refractivity contribution is 5.96. The van der Waals surface area contributed by atoms with Crippen LogP contribution < -0.4 is 5.32 Å². The van der Waals surface area contributed by atoms with Crippen LogP contribution in [-0.2, 0) is 4.74 Å². The molecule has 1 amide bonds. The number of rotatable bonds is 6. The molecule has 21 heavy (non-hydrogen) atoms. The van der Waals surface area contributed by atoms with Gasteiger partial charge in [-0.2, -0.15) is 0 Å². The average Bonchev–Trinajstić information content (AvgIpc) is 3.28. The fourth-order valence-corrected chi connectivity index (χ4v) is 1.82. The topological polar surface area (TPSA) is 58.6 Å². The standard InChI is InChI=1S/C16H18FNO3/c17-14-5-6-15(13(10-14)2-1-8-19)16(20)18-7-9-21-11-12-3-4-12/h5-6,10,12,19H,3-4,7-9,11H2,(H,18,20). The van der Waals surface area contributed by atoms with Crippen molar-refractivity contribution in [2.75, 3.05) is 26.4 Å². The molecule has 112 valence electrons. The maximum absolute atomic E-state index is 13.2. The van der Waals surface area contributed by atoms with Gasteiger partial charge in [-0.3, -0.25) is 4.79 Å². The third-order valence-electron chi connectivity index (χ3n) is 3.11. The molecule has 0 heterocycles. The van der Waals surface area contributed by atoms with Crippen molar-refractivity contribution in [3.05, 3.63) is 35.1 Å². The molecule has 1 aromatic carbocycles. The molecule has 1 saturated carbocycles. The van der Waals surface area contributed by atoms with Gasteiger partial charge in [-0.25, -0.2) is 4.39 Å². The second kappa shape index (κ2) is 7.77. The van der Waals surface area contributed by atoms with Gasteiger partial charge in [-0.15, -0.1) is 0 Å². The van der Waals surface area contributed by atoms with E-state index in [1.165, 1.54) is 31.0 Å². The number of hydrogen-bond acceptors (Lipinski definition) is 3. The third kappa shape index (κ3) is 5.18. The monoisotopic (exact) mass is 291 g/mol. The highest BCUT2D eigenvalue weighted by Gasteiger charge is 2.20. The quantitative estimate of drug-likeness (QED) is 0.614. The molecule has 0 bridgehead atoms. The summed E-state index contributed by atoms with van der Waals surface area (Å²) in [5.74, 6) is 4.89. The van der Waals surface area contributed by atoms with Crippen molar-refractivity contribution >= 4 is 5.91 Å². The highest BCUT2D eigenvalue weighted by Crippen LogP contribution is 2.28. The fourth-order valence-electron chi connectivity index (χ4n) is 1.82. The van der Waals surface area contributed by atoms with Crippen LogP contribution in [0, 0.1) is 23.6 Å². The Bertz CT molecular complexity index is 558. The summed E-state index contributed by atoms with van der Waals surface area (Å²) in [6.45, 7) is 1.27. The molecule has 0 saturated heterocycles. The second-order valence-corrected chi connectivity index (χ2v) is 4.92. The van der Waals surface area contributed by atoms with Gasteiger partial charge < -0.3 is 15.2 Å². The highest BCUT2D eigenvalue weighted by atomic mass is 19.1. The molecule has 0 unspecified atom stereocenters. The lowest BCUT2D eigenvalue weighted by Crippen LogP contribution is -2.28. The van der Waals surface area contributed by atoms with E-state index in [0.29, 0.717) is 24.6 Å². The average molecular weight is 291 g/mol. The van der Waals surface area contributed by atoms with Crippen molar-refractivity contribution in [3.63, 3.8) is 0 Å². The van der Waals surface area contributed by atoms with Crippen LogP contribution in [-0.4, -0.2) is 37.4 Å². The lowest BCUT2D eigenvalue weighted by atomic mass is 10.1. The lowest BCUT2D eigenvalue weighted by Gasteiger charge is -2.08. The summed E-state index contributed by atoms with van der Waals surface area (Å²) in [6, 6.07) is 3.78. The van der Waals surface area contributed by atoms with Gasteiger partial charge in [0.25, 0.3) is 5.91 Å². The van der Waals surface area contributed by atoms with E-state index in [-0.39, 0.29) is 18.1 Å². The van der Waals surface area contributed by atoms with Crippen LogP contribution in [0.3, 0.4) is 0 Å². The molecular formula is C16H18FNO3. The van der Waals surface area contributed by atoms with E-state index in [1.54, 1.807) is 0 Å². The molecule has 0 atom stereocenters. The third-order valence-corrected chi connectivity index (χ3v) is 3.11. The van der Waals surface area contributed by atoms with Gasteiger partial charge in [-0.1, -0.05) is 11.8 Å². The molecule has 5 heteroatoms. The molecule has 1 fully saturated rings. The van der Waals surface area contributed by atoms with Crippen LogP contribution in [0.2, 0.25) is 0 Å². The van der Waals surface area contributed by atoms with Crippen LogP contribution in [0.15, 0.2) is 18.2 Å². The van der Waals surface area contributed by atoms with E-state index in [9.17, 15) is 9.18 Å². The Labute approximate surface area is 123 Å². The van der Waals surface area contributed by atoms with E-state index in [2.05, 4.69) is 17.2 Å². The SMILES string of the molecule is O=C(NCCOCC1CC1)c1ccc(F)cc1C#CCO. The summed E-state index contributed by atoms with van der Waals surface area (Å²) >= 11 is 0. The van der Waals surface area contributed by atoms with Crippen LogP contribution in [0.25, 0.3) is 0 Å². The van der Waals surface area contributed by atoms with Gasteiger partial charge >= 0.3 is 0 Å². The largest absolute Gasteiger partial charge is 0.384 e. The first-order valence-electron chi connectivity index (χ1n) is 6.96. The van der Waals surface area contributed by atoms with Crippen molar-refractivity contribution in [1.29, 1.82) is 0 Å². The minimum Gasteiger partial charge on any atom is -0.384 e. The molecule has 1 aliphatic carbocycles. The number of amides is 1. The molecule has 0 spiro atoms. The van der Waals surface area contributed by atoms with E-state index in [4.69, 9.17) is 9.84 Å². The normalized spacial score (nSPS) is 13.4. The van der Waals surface area contributed by atoms with Crippen LogP contribution in [0.1, 0.15) is 28.8 Å². The number of ether oxygens (including phenoxy) is 1. The zero-order valence-corrected chi connectivity index (χ0v) is 11.7. The summed E-state index contributed by atoms with van der Waals surface area (Å²) in [6.07, 6.45) is 2.46. The molecule has 0 aromatic heterocycles. The molecular weight excluding hydrogens is 273 g/mol. The molecule has 1 aliphatic rings. The van der Waals surface area contributed by atoms with Crippen molar-refractivity contribution in [1.82, 2.24) is 5.32 Å². The lowest BCUT2D eigenvalue weighted by molar-refractivity contribution is 0.0906. The van der Waals surface area contributed by atoms with Gasteiger partial charge in [0.15, 0.2) is 0 Å². The van der Waals surface area contributed by atoms with E-state index in [0.717, 1.165) is 6.61 Å². The first kappa shape index (κ1) is 15.5. The summed E-state index contributed by atoms with van der Waals surface area (Å²) in [7, 11) is 0. The molecule has 0 radical (unpaired) electrons. The summed E-state index contributed by atoms with van der Waals surface area (Å²) in [5.41, 5.74) is 0.556. The van der Waals surface area contributed by atoms with Gasteiger partial charge in [0, 0.05) is 18.7 Å². The Kier molecular flexibility index (Phi) is 5.73. The predicted molar refractivity (Wildman–Crippen MR) is 76.2 cm³/mol. The number of aliphatic hydroxyl groups excluding tert-OH is 1. The molecule has 1 aromatic rings. The number of carbonyl (C=O) groups excluding carboxylic acids is 1. The molecule has 2 N–H and O–H groups in total. The molecule has 2 rings (SSSR count). The second-order valence-electron chi connectivity index (χ2n) is 4.92. The van der Waals surface area contributed by atoms with Crippen molar-refractivity contribution in [3.8, 4) is 11.8 Å². The fraction of sp³-hybridized carbons (Fsp3) is 0.438. The van der Waals surface area contributed by atoms with E-state index < -0.39 is 5.82 Å². The Balaban J connectivity index is 1.87. The summed E-state index contributed by atoms with van der Waals surface area (Å²) in [5, 5.41) is 11.4. The van der Waals surface area contributed by atoms with Crippen LogP contribution in [0.5, 0.6) is 0 Å². The van der Waals surface area contributed by atoms with Crippen LogP contribution in [0.4, 0.5) is 4.39 Å². The number of halogens is 1. The first-order chi connectivity index (χ1) is 10.2. The first-order valence-corrected chi connectivity index (χ1v) is 6.96. The number of hydrogen-bond donors (Lipinski definition) is 2. The van der Waals surface area contributed by atoms with Gasteiger partial charge in [0.1, 0.15) is 12.4 Å². The predicted octanol–water partition coefficient (Wildman–Crippen LogP) is 1.33. The van der Waals surface area contributed by atoms with Crippen molar-refractivity contribution in [2.24, 2.45) is 5.92 Å². The zero-order valence-electron chi connectivity index (χ0n) is 11.7. The number of aliphatic hydroxyl groups is 1. The summed E-state index contributed by atoms with van der Waals surface area (Å²) < 4.78 is 18.6. The Morgan fingerprint density at radius 3 is 3.00 bits per heavy atom. The number of nitrogens with one attached hydrogen (secondary N) is 1. The minimum atomic E-state index is -0.471. The van der Waals surface area contributed by atoms with Gasteiger partial charge in [0.05, 0.1) is 12.2 Å². The molecule has 4 nitrogen and oxygen atoms in total. The Hall–Kier alpha value is -1.90. The number of carbonyl (C=O) groups is 1. The zero-order chi connectivity index (χ0) is 15.1. The maximum atomic E-state index is 13.2. The summed E-state index contributed by atoms with van der Waals surface area (Å²) in [4.78, 5) is 12.0.